The molecule has 0 unspecified atom stereocenters. The quantitative estimate of drug-likeness (QED) is 0.836. The Morgan fingerprint density at radius 3 is 2.37 bits per heavy atom. The van der Waals surface area contributed by atoms with E-state index in [1.54, 1.807) is 12.1 Å². The van der Waals surface area contributed by atoms with Crippen LogP contribution in [0.5, 0.6) is 0 Å². The molecule has 0 radical (unpaired) electrons. The first-order valence-corrected chi connectivity index (χ1v) is 6.96. The maximum Gasteiger partial charge on any atom is 0.288 e. The predicted molar refractivity (Wildman–Crippen MR) is 70.4 cm³/mol. The first-order valence-electron chi connectivity index (χ1n) is 6.08. The molecule has 0 bridgehead atoms. The minimum atomic E-state index is -2.46. The van der Waals surface area contributed by atoms with E-state index in [9.17, 15) is 18.7 Å². The first kappa shape index (κ1) is 14.3. The molecule has 6 heteroatoms. The summed E-state index contributed by atoms with van der Waals surface area (Å²) >= 11 is 0.455. The third-order valence-electron chi connectivity index (χ3n) is 3.19. The van der Waals surface area contributed by atoms with E-state index >= 15 is 0 Å². The summed E-state index contributed by atoms with van der Waals surface area (Å²) < 4.78 is 24.3. The van der Waals surface area contributed by atoms with E-state index in [1.165, 1.54) is 12.1 Å². The molecule has 1 amide bonds. The zero-order valence-electron chi connectivity index (χ0n) is 10.2. The van der Waals surface area contributed by atoms with Gasteiger partial charge in [-0.25, -0.2) is 0 Å². The van der Waals surface area contributed by atoms with Gasteiger partial charge in [-0.15, -0.1) is 0 Å². The van der Waals surface area contributed by atoms with Gasteiger partial charge < -0.3 is 10.4 Å². The average Bonchev–Trinajstić information content (AvgIpc) is 2.79. The second-order valence-electron chi connectivity index (χ2n) is 4.60. The highest BCUT2D eigenvalue weighted by Crippen LogP contribution is 2.31. The van der Waals surface area contributed by atoms with Crippen molar-refractivity contribution in [1.29, 1.82) is 0 Å². The van der Waals surface area contributed by atoms with Gasteiger partial charge in [-0.1, -0.05) is 11.8 Å². The minimum absolute atomic E-state index is 0.417. The summed E-state index contributed by atoms with van der Waals surface area (Å²) in [6.07, 6.45) is 2.62. The number of nitrogens with one attached hydrogen (secondary N) is 1. The summed E-state index contributed by atoms with van der Waals surface area (Å²) in [6, 6.07) is 6.15. The molecule has 0 atom stereocenters. The van der Waals surface area contributed by atoms with Gasteiger partial charge in [0.25, 0.3) is 11.7 Å². The summed E-state index contributed by atoms with van der Waals surface area (Å²) in [5.41, 5.74) is -0.778. The molecule has 0 aromatic heterocycles. The van der Waals surface area contributed by atoms with Crippen LogP contribution < -0.4 is 5.32 Å². The van der Waals surface area contributed by atoms with Crippen LogP contribution in [0.1, 0.15) is 25.7 Å². The second kappa shape index (κ2) is 5.88. The van der Waals surface area contributed by atoms with Crippen molar-refractivity contribution < 1.29 is 18.7 Å². The number of thioether (sulfide) groups is 1. The summed E-state index contributed by atoms with van der Waals surface area (Å²) in [7, 11) is 0. The molecule has 19 heavy (non-hydrogen) atoms. The Hall–Kier alpha value is -1.14. The number of rotatable bonds is 4. The maximum atomic E-state index is 12.1. The summed E-state index contributed by atoms with van der Waals surface area (Å²) in [5, 5.41) is 12.7. The molecular weight excluding hydrogens is 272 g/mol. The lowest BCUT2D eigenvalue weighted by Crippen LogP contribution is -2.40. The highest BCUT2D eigenvalue weighted by Gasteiger charge is 2.38. The molecule has 3 nitrogen and oxygen atoms in total. The van der Waals surface area contributed by atoms with Crippen molar-refractivity contribution in [1.82, 2.24) is 0 Å². The molecule has 1 aliphatic carbocycles. The normalized spacial score (nSPS) is 17.7. The van der Waals surface area contributed by atoms with Crippen molar-refractivity contribution in [2.24, 2.45) is 0 Å². The molecule has 104 valence electrons. The fraction of sp³-hybridized carbons (Fsp3) is 0.462. The standard InChI is InChI=1S/C13H15F2NO2S/c14-12(15)19-10-5-3-9(4-6-10)16-11(17)13(18)7-1-2-8-13/h3-6,12,18H,1-2,7-8H2,(H,16,17). The summed E-state index contributed by atoms with van der Waals surface area (Å²) in [6.45, 7) is 0. The van der Waals surface area contributed by atoms with Gasteiger partial charge in [-0.05, 0) is 49.9 Å². The van der Waals surface area contributed by atoms with Crippen LogP contribution in [0, 0.1) is 0 Å². The van der Waals surface area contributed by atoms with E-state index in [2.05, 4.69) is 5.32 Å². The second-order valence-corrected chi connectivity index (χ2v) is 5.66. The number of halogens is 2. The van der Waals surface area contributed by atoms with Crippen molar-refractivity contribution in [3.8, 4) is 0 Å². The first-order chi connectivity index (χ1) is 8.99. The number of hydrogen-bond donors (Lipinski definition) is 2. The highest BCUT2D eigenvalue weighted by atomic mass is 32.2. The number of aliphatic hydroxyl groups is 1. The molecule has 2 rings (SSSR count). The van der Waals surface area contributed by atoms with Crippen LogP contribution in [0.3, 0.4) is 0 Å². The van der Waals surface area contributed by atoms with Crippen molar-refractivity contribution in [2.45, 2.75) is 41.9 Å². The summed E-state index contributed by atoms with van der Waals surface area (Å²) in [5.74, 6) is -2.88. The minimum Gasteiger partial charge on any atom is -0.380 e. The average molecular weight is 287 g/mol. The Morgan fingerprint density at radius 2 is 1.84 bits per heavy atom. The molecular formula is C13H15F2NO2S. The van der Waals surface area contributed by atoms with Gasteiger partial charge >= 0.3 is 0 Å². The lowest BCUT2D eigenvalue weighted by molar-refractivity contribution is -0.133. The molecule has 1 aromatic rings. The van der Waals surface area contributed by atoms with Gasteiger partial charge in [-0.3, -0.25) is 4.79 Å². The molecule has 0 aliphatic heterocycles. The molecule has 1 aliphatic rings. The van der Waals surface area contributed by atoms with E-state index in [0.29, 0.717) is 35.2 Å². The Bertz CT molecular complexity index is 444. The molecule has 1 saturated carbocycles. The van der Waals surface area contributed by atoms with Crippen molar-refractivity contribution >= 4 is 23.4 Å². The van der Waals surface area contributed by atoms with E-state index in [-0.39, 0.29) is 0 Å². The Labute approximate surface area is 114 Å². The zero-order valence-corrected chi connectivity index (χ0v) is 11.1. The number of benzene rings is 1. The Kier molecular flexibility index (Phi) is 4.42. The third kappa shape index (κ3) is 3.67. The van der Waals surface area contributed by atoms with Gasteiger partial charge in [0.1, 0.15) is 5.60 Å². The SMILES string of the molecule is O=C(Nc1ccc(SC(F)F)cc1)C1(O)CCCC1. The predicted octanol–water partition coefficient (Wildman–Crippen LogP) is 3.24. The fourth-order valence-electron chi connectivity index (χ4n) is 2.15. The fourth-order valence-corrected chi connectivity index (χ4v) is 2.65. The monoisotopic (exact) mass is 287 g/mol. The van der Waals surface area contributed by atoms with Crippen LogP contribution >= 0.6 is 11.8 Å². The zero-order chi connectivity index (χ0) is 13.9. The van der Waals surface area contributed by atoms with Crippen LogP contribution in [0.4, 0.5) is 14.5 Å². The number of amides is 1. The molecule has 0 saturated heterocycles. The molecule has 1 fully saturated rings. The molecule has 0 heterocycles. The number of carbonyl (C=O) groups is 1. The number of hydrogen-bond acceptors (Lipinski definition) is 3. The topological polar surface area (TPSA) is 49.3 Å². The molecule has 2 N–H and O–H groups in total. The third-order valence-corrected chi connectivity index (χ3v) is 3.91. The van der Waals surface area contributed by atoms with Crippen LogP contribution in [-0.2, 0) is 4.79 Å². The Morgan fingerprint density at radius 1 is 1.26 bits per heavy atom. The molecule has 1 aromatic carbocycles. The van der Waals surface area contributed by atoms with Crippen LogP contribution in [0.25, 0.3) is 0 Å². The number of alkyl halides is 2. The maximum absolute atomic E-state index is 12.1. The van der Waals surface area contributed by atoms with Crippen LogP contribution in [0.2, 0.25) is 0 Å². The van der Waals surface area contributed by atoms with Crippen LogP contribution in [0.15, 0.2) is 29.2 Å². The van der Waals surface area contributed by atoms with E-state index < -0.39 is 17.3 Å². The van der Waals surface area contributed by atoms with E-state index in [1.807, 2.05) is 0 Å². The number of anilines is 1. The van der Waals surface area contributed by atoms with Crippen molar-refractivity contribution in [3.05, 3.63) is 24.3 Å². The number of carbonyl (C=O) groups excluding carboxylic acids is 1. The van der Waals surface area contributed by atoms with E-state index in [0.717, 1.165) is 12.8 Å². The van der Waals surface area contributed by atoms with Crippen molar-refractivity contribution in [3.63, 3.8) is 0 Å². The molecule has 0 spiro atoms. The van der Waals surface area contributed by atoms with Gasteiger partial charge in [0, 0.05) is 10.6 Å². The van der Waals surface area contributed by atoms with Gasteiger partial charge in [-0.2, -0.15) is 8.78 Å². The largest absolute Gasteiger partial charge is 0.380 e. The van der Waals surface area contributed by atoms with Gasteiger partial charge in [0.05, 0.1) is 0 Å². The van der Waals surface area contributed by atoms with Crippen LogP contribution in [-0.4, -0.2) is 22.4 Å². The van der Waals surface area contributed by atoms with E-state index in [4.69, 9.17) is 0 Å². The Balaban J connectivity index is 1.97. The van der Waals surface area contributed by atoms with Gasteiger partial charge in [0.2, 0.25) is 0 Å². The van der Waals surface area contributed by atoms with Gasteiger partial charge in [0.15, 0.2) is 0 Å². The lowest BCUT2D eigenvalue weighted by Gasteiger charge is -2.20. The lowest BCUT2D eigenvalue weighted by atomic mass is 10.0. The van der Waals surface area contributed by atoms with Crippen molar-refractivity contribution in [2.75, 3.05) is 5.32 Å². The smallest absolute Gasteiger partial charge is 0.288 e. The highest BCUT2D eigenvalue weighted by molar-refractivity contribution is 7.99. The summed E-state index contributed by atoms with van der Waals surface area (Å²) in [4.78, 5) is 12.4.